The third kappa shape index (κ3) is 2.30. The topological polar surface area (TPSA) is 38.3 Å². The van der Waals surface area contributed by atoms with Gasteiger partial charge in [-0.2, -0.15) is 0 Å². The summed E-state index contributed by atoms with van der Waals surface area (Å²) in [6, 6.07) is 3.90. The van der Waals surface area contributed by atoms with Crippen molar-refractivity contribution in [2.45, 2.75) is 19.9 Å². The van der Waals surface area contributed by atoms with Crippen LogP contribution in [0.2, 0.25) is 0 Å². The van der Waals surface area contributed by atoms with Crippen molar-refractivity contribution in [2.24, 2.45) is 0 Å². The summed E-state index contributed by atoms with van der Waals surface area (Å²) in [6.07, 6.45) is 6.24. The van der Waals surface area contributed by atoms with Gasteiger partial charge in [0, 0.05) is 11.1 Å². The Morgan fingerprint density at radius 3 is 2.93 bits per heavy atom. The highest BCUT2D eigenvalue weighted by Crippen LogP contribution is 2.24. The van der Waals surface area contributed by atoms with E-state index in [-0.39, 0.29) is 0 Å². The zero-order chi connectivity index (χ0) is 10.5. The first-order valence-corrected chi connectivity index (χ1v) is 5.21. The fraction of sp³-hybridized carbons (Fsp3) is 0.333. The van der Waals surface area contributed by atoms with E-state index < -0.39 is 0 Å². The van der Waals surface area contributed by atoms with Crippen molar-refractivity contribution in [3.63, 3.8) is 0 Å². The second kappa shape index (κ2) is 4.84. The second-order valence-corrected chi connectivity index (χ2v) is 3.45. The molecule has 0 bridgehead atoms. The fourth-order valence-corrected chi connectivity index (χ4v) is 1.53. The van der Waals surface area contributed by atoms with Gasteiger partial charge in [0.05, 0.1) is 25.3 Å². The van der Waals surface area contributed by atoms with Gasteiger partial charge in [-0.15, -0.1) is 0 Å². The van der Waals surface area contributed by atoms with Crippen LogP contribution in [0, 0.1) is 0 Å². The first kappa shape index (κ1) is 10.1. The summed E-state index contributed by atoms with van der Waals surface area (Å²) < 4.78 is 10.5. The molecule has 2 heterocycles. The van der Waals surface area contributed by atoms with Crippen LogP contribution in [-0.4, -0.2) is 6.54 Å². The van der Waals surface area contributed by atoms with Crippen LogP contribution >= 0.6 is 0 Å². The van der Waals surface area contributed by atoms with E-state index in [1.54, 1.807) is 18.8 Å². The van der Waals surface area contributed by atoms with Gasteiger partial charge in [0.15, 0.2) is 0 Å². The molecule has 0 aliphatic heterocycles. The molecule has 0 aliphatic carbocycles. The van der Waals surface area contributed by atoms with Gasteiger partial charge in [-0.25, -0.2) is 0 Å². The second-order valence-electron chi connectivity index (χ2n) is 3.45. The zero-order valence-corrected chi connectivity index (χ0v) is 8.82. The first-order valence-electron chi connectivity index (χ1n) is 5.21. The van der Waals surface area contributed by atoms with E-state index in [2.05, 4.69) is 12.2 Å². The summed E-state index contributed by atoms with van der Waals surface area (Å²) in [7, 11) is 0. The Balaban J connectivity index is 2.09. The standard InChI is InChI=1S/C12H15NO2/c1-2-5-13-8-12-11(4-7-15-12)10-3-6-14-9-10/h3-4,6-7,9,13H,2,5,8H2,1H3. The Kier molecular flexibility index (Phi) is 3.25. The highest BCUT2D eigenvalue weighted by atomic mass is 16.3. The van der Waals surface area contributed by atoms with Gasteiger partial charge in [0.25, 0.3) is 0 Å². The lowest BCUT2D eigenvalue weighted by Crippen LogP contribution is -2.13. The fourth-order valence-electron chi connectivity index (χ4n) is 1.53. The normalized spacial score (nSPS) is 10.7. The molecule has 0 unspecified atom stereocenters. The maximum absolute atomic E-state index is 5.43. The Hall–Kier alpha value is -1.48. The van der Waals surface area contributed by atoms with Crippen molar-refractivity contribution in [1.82, 2.24) is 5.32 Å². The van der Waals surface area contributed by atoms with Crippen LogP contribution in [0.3, 0.4) is 0 Å². The van der Waals surface area contributed by atoms with Crippen LogP contribution in [0.4, 0.5) is 0 Å². The molecule has 0 amide bonds. The lowest BCUT2D eigenvalue weighted by molar-refractivity contribution is 0.484. The van der Waals surface area contributed by atoms with E-state index >= 15 is 0 Å². The Labute approximate surface area is 89.1 Å². The van der Waals surface area contributed by atoms with Crippen LogP contribution < -0.4 is 5.32 Å². The van der Waals surface area contributed by atoms with Gasteiger partial charge in [-0.1, -0.05) is 6.92 Å². The molecule has 0 aromatic carbocycles. The molecule has 1 N–H and O–H groups in total. The molecule has 2 aromatic heterocycles. The summed E-state index contributed by atoms with van der Waals surface area (Å²) in [5.74, 6) is 0.963. The van der Waals surface area contributed by atoms with Crippen molar-refractivity contribution in [3.05, 3.63) is 36.7 Å². The molecular formula is C12H15NO2. The molecule has 0 spiro atoms. The van der Waals surface area contributed by atoms with Crippen molar-refractivity contribution >= 4 is 0 Å². The monoisotopic (exact) mass is 205 g/mol. The average molecular weight is 205 g/mol. The number of hydrogen-bond donors (Lipinski definition) is 1. The maximum atomic E-state index is 5.43. The van der Waals surface area contributed by atoms with Crippen LogP contribution in [0.1, 0.15) is 19.1 Å². The first-order chi connectivity index (χ1) is 7.42. The minimum absolute atomic E-state index is 0.765. The predicted molar refractivity (Wildman–Crippen MR) is 58.4 cm³/mol. The van der Waals surface area contributed by atoms with Gasteiger partial charge in [0.2, 0.25) is 0 Å². The lowest BCUT2D eigenvalue weighted by atomic mass is 10.1. The van der Waals surface area contributed by atoms with E-state index in [0.29, 0.717) is 0 Å². The molecule has 15 heavy (non-hydrogen) atoms. The van der Waals surface area contributed by atoms with Gasteiger partial charge in [-0.3, -0.25) is 0 Å². The zero-order valence-electron chi connectivity index (χ0n) is 8.82. The molecule has 80 valence electrons. The van der Waals surface area contributed by atoms with E-state index in [1.807, 2.05) is 12.1 Å². The van der Waals surface area contributed by atoms with E-state index in [0.717, 1.165) is 36.4 Å². The van der Waals surface area contributed by atoms with Crippen LogP contribution in [0.25, 0.3) is 11.1 Å². The van der Waals surface area contributed by atoms with Crippen molar-refractivity contribution < 1.29 is 8.83 Å². The largest absolute Gasteiger partial charge is 0.472 e. The summed E-state index contributed by atoms with van der Waals surface area (Å²) in [6.45, 7) is 3.92. The van der Waals surface area contributed by atoms with Gasteiger partial charge in [0.1, 0.15) is 5.76 Å². The molecule has 0 atom stereocenters. The molecular weight excluding hydrogens is 190 g/mol. The lowest BCUT2D eigenvalue weighted by Gasteiger charge is -2.01. The minimum atomic E-state index is 0.765. The van der Waals surface area contributed by atoms with Crippen LogP contribution in [0.5, 0.6) is 0 Å². The van der Waals surface area contributed by atoms with Gasteiger partial charge < -0.3 is 14.2 Å². The maximum Gasteiger partial charge on any atom is 0.125 e. The smallest absolute Gasteiger partial charge is 0.125 e. The number of furan rings is 2. The summed E-state index contributed by atoms with van der Waals surface area (Å²) in [5, 5.41) is 3.32. The number of nitrogens with one attached hydrogen (secondary N) is 1. The molecule has 0 aliphatic rings. The quantitative estimate of drug-likeness (QED) is 0.762. The van der Waals surface area contributed by atoms with Crippen LogP contribution in [-0.2, 0) is 6.54 Å². The SMILES string of the molecule is CCCNCc1occc1-c1ccoc1. The Morgan fingerprint density at radius 2 is 2.20 bits per heavy atom. The van der Waals surface area contributed by atoms with E-state index in [1.165, 1.54) is 0 Å². The predicted octanol–water partition coefficient (Wildman–Crippen LogP) is 3.04. The van der Waals surface area contributed by atoms with E-state index in [4.69, 9.17) is 8.83 Å². The van der Waals surface area contributed by atoms with Gasteiger partial charge >= 0.3 is 0 Å². The van der Waals surface area contributed by atoms with E-state index in [9.17, 15) is 0 Å². The van der Waals surface area contributed by atoms with Crippen LogP contribution in [0.15, 0.2) is 39.8 Å². The highest BCUT2D eigenvalue weighted by Gasteiger charge is 2.08. The summed E-state index contributed by atoms with van der Waals surface area (Å²) in [5.41, 5.74) is 2.17. The number of rotatable bonds is 5. The van der Waals surface area contributed by atoms with Crippen molar-refractivity contribution in [2.75, 3.05) is 6.54 Å². The molecule has 2 aromatic rings. The van der Waals surface area contributed by atoms with Crippen molar-refractivity contribution in [3.8, 4) is 11.1 Å². The molecule has 2 rings (SSSR count). The molecule has 3 heteroatoms. The molecule has 0 saturated heterocycles. The molecule has 3 nitrogen and oxygen atoms in total. The molecule has 0 radical (unpaired) electrons. The Bertz CT molecular complexity index is 389. The van der Waals surface area contributed by atoms with Crippen molar-refractivity contribution in [1.29, 1.82) is 0 Å². The summed E-state index contributed by atoms with van der Waals surface area (Å²) in [4.78, 5) is 0. The average Bonchev–Trinajstić information content (AvgIpc) is 2.87. The summed E-state index contributed by atoms with van der Waals surface area (Å²) >= 11 is 0. The number of hydrogen-bond acceptors (Lipinski definition) is 3. The molecule has 0 saturated carbocycles. The van der Waals surface area contributed by atoms with Gasteiger partial charge in [-0.05, 0) is 25.1 Å². The highest BCUT2D eigenvalue weighted by molar-refractivity contribution is 5.63. The third-order valence-corrected chi connectivity index (χ3v) is 2.29. The molecule has 0 fully saturated rings. The Morgan fingerprint density at radius 1 is 1.27 bits per heavy atom. The third-order valence-electron chi connectivity index (χ3n) is 2.29. The minimum Gasteiger partial charge on any atom is -0.472 e.